The highest BCUT2D eigenvalue weighted by molar-refractivity contribution is 5.77. The van der Waals surface area contributed by atoms with Crippen molar-refractivity contribution in [2.24, 2.45) is 5.92 Å². The van der Waals surface area contributed by atoms with Crippen LogP contribution in [0.25, 0.3) is 0 Å². The monoisotopic (exact) mass is 261 g/mol. The third-order valence-corrected chi connectivity index (χ3v) is 3.47. The van der Waals surface area contributed by atoms with Gasteiger partial charge in [-0.1, -0.05) is 32.0 Å². The number of benzene rings is 1. The van der Waals surface area contributed by atoms with Gasteiger partial charge in [0.05, 0.1) is 0 Å². The Hall–Kier alpha value is -1.51. The SMILES string of the molecule is CC(C)CN(C(=O)CCc1ccccc1O)C1CC1. The van der Waals surface area contributed by atoms with Gasteiger partial charge in [-0.05, 0) is 36.8 Å². The molecule has 0 aromatic heterocycles. The van der Waals surface area contributed by atoms with Gasteiger partial charge in [-0.25, -0.2) is 0 Å². The molecule has 0 saturated heterocycles. The van der Waals surface area contributed by atoms with Crippen LogP contribution in [0.5, 0.6) is 5.75 Å². The van der Waals surface area contributed by atoms with Gasteiger partial charge in [0, 0.05) is 19.0 Å². The number of phenols is 1. The molecule has 1 aliphatic carbocycles. The summed E-state index contributed by atoms with van der Waals surface area (Å²) in [5.41, 5.74) is 0.858. The van der Waals surface area contributed by atoms with E-state index in [1.807, 2.05) is 17.0 Å². The van der Waals surface area contributed by atoms with Gasteiger partial charge in [-0.2, -0.15) is 0 Å². The average molecular weight is 261 g/mol. The Balaban J connectivity index is 1.90. The first-order valence-electron chi connectivity index (χ1n) is 7.14. The van der Waals surface area contributed by atoms with Gasteiger partial charge in [0.25, 0.3) is 0 Å². The smallest absolute Gasteiger partial charge is 0.223 e. The number of aryl methyl sites for hydroxylation is 1. The van der Waals surface area contributed by atoms with Crippen molar-refractivity contribution in [1.29, 1.82) is 0 Å². The second-order valence-corrected chi connectivity index (χ2v) is 5.80. The summed E-state index contributed by atoms with van der Waals surface area (Å²) in [5, 5.41) is 9.70. The Morgan fingerprint density at radius 2 is 2.05 bits per heavy atom. The summed E-state index contributed by atoms with van der Waals surface area (Å²) in [6.07, 6.45) is 3.40. The first-order chi connectivity index (χ1) is 9.08. The molecule has 2 rings (SSSR count). The Bertz CT molecular complexity index is 438. The van der Waals surface area contributed by atoms with Crippen LogP contribution in [0.4, 0.5) is 0 Å². The highest BCUT2D eigenvalue weighted by atomic mass is 16.3. The van der Waals surface area contributed by atoms with Gasteiger partial charge in [0.15, 0.2) is 0 Å². The molecule has 19 heavy (non-hydrogen) atoms. The van der Waals surface area contributed by atoms with Gasteiger partial charge in [0.2, 0.25) is 5.91 Å². The predicted octanol–water partition coefficient (Wildman–Crippen LogP) is 2.97. The van der Waals surface area contributed by atoms with Gasteiger partial charge in [-0.15, -0.1) is 0 Å². The molecule has 3 heteroatoms. The fraction of sp³-hybridized carbons (Fsp3) is 0.562. The van der Waals surface area contributed by atoms with Crippen LogP contribution in [0.3, 0.4) is 0 Å². The molecule has 0 aliphatic heterocycles. The van der Waals surface area contributed by atoms with Crippen molar-refractivity contribution < 1.29 is 9.90 Å². The van der Waals surface area contributed by atoms with E-state index in [2.05, 4.69) is 13.8 Å². The highest BCUT2D eigenvalue weighted by Crippen LogP contribution is 2.28. The minimum absolute atomic E-state index is 0.222. The van der Waals surface area contributed by atoms with Crippen molar-refractivity contribution in [3.05, 3.63) is 29.8 Å². The molecule has 0 heterocycles. The molecular weight excluding hydrogens is 238 g/mol. The lowest BCUT2D eigenvalue weighted by atomic mass is 10.1. The van der Waals surface area contributed by atoms with E-state index in [0.29, 0.717) is 24.8 Å². The standard InChI is InChI=1S/C16H23NO2/c1-12(2)11-17(14-8-9-14)16(19)10-7-13-5-3-4-6-15(13)18/h3-6,12,14,18H,7-11H2,1-2H3. The lowest BCUT2D eigenvalue weighted by molar-refractivity contribution is -0.132. The molecule has 1 aromatic carbocycles. The Labute approximate surface area is 115 Å². The van der Waals surface area contributed by atoms with Gasteiger partial charge in [-0.3, -0.25) is 4.79 Å². The molecule has 1 fully saturated rings. The topological polar surface area (TPSA) is 40.5 Å². The maximum absolute atomic E-state index is 12.3. The normalized spacial score (nSPS) is 14.7. The number of hydrogen-bond acceptors (Lipinski definition) is 2. The maximum atomic E-state index is 12.3. The van der Waals surface area contributed by atoms with E-state index in [9.17, 15) is 9.90 Å². The molecule has 0 spiro atoms. The molecule has 0 atom stereocenters. The lowest BCUT2D eigenvalue weighted by Crippen LogP contribution is -2.36. The first kappa shape index (κ1) is 13.9. The van der Waals surface area contributed by atoms with E-state index in [0.717, 1.165) is 24.9 Å². The molecule has 104 valence electrons. The second kappa shape index (κ2) is 6.09. The van der Waals surface area contributed by atoms with Crippen LogP contribution in [0.2, 0.25) is 0 Å². The van der Waals surface area contributed by atoms with Crippen LogP contribution in [0.1, 0.15) is 38.7 Å². The molecule has 0 radical (unpaired) electrons. The van der Waals surface area contributed by atoms with Crippen molar-refractivity contribution in [2.75, 3.05) is 6.54 Å². The summed E-state index contributed by atoms with van der Waals surface area (Å²) < 4.78 is 0. The molecule has 0 unspecified atom stereocenters. The summed E-state index contributed by atoms with van der Waals surface area (Å²) in [5.74, 6) is 1.02. The van der Waals surface area contributed by atoms with Crippen molar-refractivity contribution in [3.8, 4) is 5.75 Å². The minimum atomic E-state index is 0.222. The molecular formula is C16H23NO2. The van der Waals surface area contributed by atoms with E-state index >= 15 is 0 Å². The van der Waals surface area contributed by atoms with Gasteiger partial charge in [0.1, 0.15) is 5.75 Å². The number of para-hydroxylation sites is 1. The van der Waals surface area contributed by atoms with Crippen molar-refractivity contribution >= 4 is 5.91 Å². The van der Waals surface area contributed by atoms with Crippen LogP contribution in [0, 0.1) is 5.92 Å². The summed E-state index contributed by atoms with van der Waals surface area (Å²) >= 11 is 0. The van der Waals surface area contributed by atoms with Crippen LogP contribution in [0.15, 0.2) is 24.3 Å². The largest absolute Gasteiger partial charge is 0.508 e. The number of amides is 1. The zero-order chi connectivity index (χ0) is 13.8. The fourth-order valence-corrected chi connectivity index (χ4v) is 2.34. The number of carbonyl (C=O) groups excluding carboxylic acids is 1. The maximum Gasteiger partial charge on any atom is 0.223 e. The molecule has 1 amide bonds. The van der Waals surface area contributed by atoms with Gasteiger partial charge < -0.3 is 10.0 Å². The molecule has 1 saturated carbocycles. The van der Waals surface area contributed by atoms with E-state index in [1.165, 1.54) is 0 Å². The zero-order valence-electron chi connectivity index (χ0n) is 11.8. The predicted molar refractivity (Wildman–Crippen MR) is 76.0 cm³/mol. The third-order valence-electron chi connectivity index (χ3n) is 3.47. The van der Waals surface area contributed by atoms with Crippen molar-refractivity contribution in [3.63, 3.8) is 0 Å². The van der Waals surface area contributed by atoms with Gasteiger partial charge >= 0.3 is 0 Å². The van der Waals surface area contributed by atoms with Crippen LogP contribution in [-0.4, -0.2) is 28.5 Å². The zero-order valence-corrected chi connectivity index (χ0v) is 11.8. The number of aromatic hydroxyl groups is 1. The van der Waals surface area contributed by atoms with Crippen molar-refractivity contribution in [1.82, 2.24) is 4.90 Å². The molecule has 1 aromatic rings. The molecule has 1 N–H and O–H groups in total. The first-order valence-corrected chi connectivity index (χ1v) is 7.14. The molecule has 3 nitrogen and oxygen atoms in total. The third kappa shape index (κ3) is 3.98. The van der Waals surface area contributed by atoms with Crippen molar-refractivity contribution in [2.45, 2.75) is 45.6 Å². The second-order valence-electron chi connectivity index (χ2n) is 5.80. The van der Waals surface area contributed by atoms with E-state index in [-0.39, 0.29) is 11.7 Å². The number of phenolic OH excluding ortho intramolecular Hbond substituents is 1. The number of nitrogens with zero attached hydrogens (tertiary/aromatic N) is 1. The quantitative estimate of drug-likeness (QED) is 0.855. The summed E-state index contributed by atoms with van der Waals surface area (Å²) in [6.45, 7) is 5.14. The Morgan fingerprint density at radius 3 is 2.63 bits per heavy atom. The number of rotatable bonds is 6. The minimum Gasteiger partial charge on any atom is -0.508 e. The number of hydrogen-bond donors (Lipinski definition) is 1. The average Bonchev–Trinajstić information content (AvgIpc) is 3.18. The Morgan fingerprint density at radius 1 is 1.37 bits per heavy atom. The van der Waals surface area contributed by atoms with E-state index in [1.54, 1.807) is 12.1 Å². The molecule has 0 bridgehead atoms. The Kier molecular flexibility index (Phi) is 4.46. The van der Waals surface area contributed by atoms with Crippen LogP contribution < -0.4 is 0 Å². The lowest BCUT2D eigenvalue weighted by Gasteiger charge is -2.24. The van der Waals surface area contributed by atoms with E-state index < -0.39 is 0 Å². The highest BCUT2D eigenvalue weighted by Gasteiger charge is 2.32. The fourth-order valence-electron chi connectivity index (χ4n) is 2.34. The number of carbonyl (C=O) groups is 1. The molecule has 1 aliphatic rings. The summed E-state index contributed by atoms with van der Waals surface area (Å²) in [4.78, 5) is 14.3. The van der Waals surface area contributed by atoms with E-state index in [4.69, 9.17) is 0 Å². The summed E-state index contributed by atoms with van der Waals surface area (Å²) in [7, 11) is 0. The van der Waals surface area contributed by atoms with Crippen LogP contribution >= 0.6 is 0 Å². The van der Waals surface area contributed by atoms with Crippen LogP contribution in [-0.2, 0) is 11.2 Å². The summed E-state index contributed by atoms with van der Waals surface area (Å²) in [6, 6.07) is 7.72.